The Morgan fingerprint density at radius 1 is 1.15 bits per heavy atom. The number of anilines is 2. The summed E-state index contributed by atoms with van der Waals surface area (Å²) >= 11 is 0. The number of aliphatic hydroxyl groups excluding tert-OH is 1. The molecule has 3 aromatic rings. The molecular weight excluding hydrogens is 437 g/mol. The third-order valence-electron chi connectivity index (χ3n) is 6.15. The molecule has 4 rings (SSSR count). The normalized spacial score (nSPS) is 16.2. The largest absolute Gasteiger partial charge is 0.395 e. The molecule has 11 heteroatoms. The molecule has 0 bridgehead atoms. The highest BCUT2D eigenvalue weighted by Gasteiger charge is 2.18. The molecule has 1 aliphatic rings. The molecule has 184 valence electrons. The molecule has 6 N–H and O–H groups in total. The second-order valence-corrected chi connectivity index (χ2v) is 8.77. The Labute approximate surface area is 198 Å². The van der Waals surface area contributed by atoms with Gasteiger partial charge in [0.25, 0.3) is 0 Å². The zero-order valence-electron chi connectivity index (χ0n) is 19.6. The number of aromatic nitrogens is 4. The Morgan fingerprint density at radius 2 is 1.91 bits per heavy atom. The number of hydrogen-bond donors (Lipinski definition) is 4. The number of fused-ring (bicyclic) bond motifs is 1. The lowest BCUT2D eigenvalue weighted by Gasteiger charge is -2.34. The molecular formula is C23H34FN9O. The fraction of sp³-hybridized carbons (Fsp3) is 0.522. The van der Waals surface area contributed by atoms with Crippen LogP contribution < -0.4 is 16.8 Å². The van der Waals surface area contributed by atoms with E-state index in [1.165, 1.54) is 0 Å². The van der Waals surface area contributed by atoms with Gasteiger partial charge in [-0.25, -0.2) is 9.37 Å². The number of nitrogens with two attached hydrogens (primary N) is 2. The van der Waals surface area contributed by atoms with Gasteiger partial charge in [-0.2, -0.15) is 10.1 Å². The molecule has 1 atom stereocenters. The molecule has 1 aliphatic heterocycles. The van der Waals surface area contributed by atoms with Crippen LogP contribution in [-0.2, 0) is 13.1 Å². The van der Waals surface area contributed by atoms with Crippen molar-refractivity contribution in [1.82, 2.24) is 29.5 Å². The van der Waals surface area contributed by atoms with Crippen LogP contribution in [0, 0.1) is 5.82 Å². The molecule has 1 saturated heterocycles. The molecule has 1 unspecified atom stereocenters. The van der Waals surface area contributed by atoms with Gasteiger partial charge < -0.3 is 21.9 Å². The van der Waals surface area contributed by atoms with Gasteiger partial charge in [0.1, 0.15) is 16.9 Å². The van der Waals surface area contributed by atoms with Crippen LogP contribution in [0.1, 0.15) is 30.9 Å². The number of piperazine rings is 1. The third kappa shape index (κ3) is 5.79. The molecule has 10 nitrogen and oxygen atoms in total. The van der Waals surface area contributed by atoms with Gasteiger partial charge in [-0.15, -0.1) is 0 Å². The van der Waals surface area contributed by atoms with Gasteiger partial charge in [0.05, 0.1) is 25.5 Å². The van der Waals surface area contributed by atoms with E-state index in [-0.39, 0.29) is 31.1 Å². The van der Waals surface area contributed by atoms with E-state index in [0.717, 1.165) is 44.6 Å². The van der Waals surface area contributed by atoms with Crippen LogP contribution in [0.25, 0.3) is 11.0 Å². The van der Waals surface area contributed by atoms with Gasteiger partial charge in [-0.1, -0.05) is 25.5 Å². The van der Waals surface area contributed by atoms with Crippen LogP contribution in [0.4, 0.5) is 16.2 Å². The van der Waals surface area contributed by atoms with Crippen molar-refractivity contribution < 1.29 is 9.50 Å². The predicted molar refractivity (Wildman–Crippen MR) is 131 cm³/mol. The fourth-order valence-corrected chi connectivity index (χ4v) is 4.35. The Morgan fingerprint density at radius 3 is 2.62 bits per heavy atom. The number of nitrogens with one attached hydrogen (secondary N) is 1. The molecule has 0 amide bonds. The summed E-state index contributed by atoms with van der Waals surface area (Å²) in [5.74, 6) is 0.359. The van der Waals surface area contributed by atoms with E-state index < -0.39 is 0 Å². The summed E-state index contributed by atoms with van der Waals surface area (Å²) in [7, 11) is 0. The minimum absolute atomic E-state index is 0.131. The van der Waals surface area contributed by atoms with E-state index >= 15 is 4.39 Å². The van der Waals surface area contributed by atoms with Gasteiger partial charge >= 0.3 is 0 Å². The minimum atomic E-state index is -0.285. The summed E-state index contributed by atoms with van der Waals surface area (Å²) in [5, 5.41) is 16.7. The van der Waals surface area contributed by atoms with Crippen molar-refractivity contribution in [2.75, 3.05) is 50.4 Å². The maximum absolute atomic E-state index is 15.1. The number of halogens is 1. The van der Waals surface area contributed by atoms with Crippen LogP contribution in [0.15, 0.2) is 24.4 Å². The zero-order chi connectivity index (χ0) is 24.1. The number of nitrogens with zero attached hydrogens (tertiary/aromatic N) is 6. The standard InChI is InChI=1S/C23H34FN9O/c1-2-3-20(25)29-22-21-19(28-23(26)30-22)13-27-33(21)15-17-5-4-16(12-18(17)24)14-32-8-6-31(7-9-32)10-11-34/h4-5,12-13,20,34H,2-3,6-11,14-15,25H2,1H3,(H3,26,28,29,30). The van der Waals surface area contributed by atoms with Crippen LogP contribution in [0.3, 0.4) is 0 Å². The third-order valence-corrected chi connectivity index (χ3v) is 6.15. The van der Waals surface area contributed by atoms with Gasteiger partial charge in [0.2, 0.25) is 5.95 Å². The number of benzene rings is 1. The second-order valence-electron chi connectivity index (χ2n) is 8.77. The van der Waals surface area contributed by atoms with Crippen molar-refractivity contribution in [2.45, 2.75) is 39.0 Å². The Hall–Kier alpha value is -2.86. The lowest BCUT2D eigenvalue weighted by atomic mass is 10.1. The molecule has 1 fully saturated rings. The summed E-state index contributed by atoms with van der Waals surface area (Å²) in [5.41, 5.74) is 14.7. The predicted octanol–water partition coefficient (Wildman–Crippen LogP) is 1.20. The maximum Gasteiger partial charge on any atom is 0.222 e. The van der Waals surface area contributed by atoms with E-state index in [1.807, 2.05) is 12.1 Å². The first kappa shape index (κ1) is 24.3. The topological polar surface area (TPSA) is 134 Å². The summed E-state index contributed by atoms with van der Waals surface area (Å²) in [6.07, 6.45) is 3.01. The molecule has 1 aromatic carbocycles. The van der Waals surface area contributed by atoms with Crippen LogP contribution in [-0.4, -0.2) is 80.2 Å². The number of β-amino-alcohol motifs (C(OH)–C–C–N with tert-alkyl or cyclic N) is 1. The summed E-state index contributed by atoms with van der Waals surface area (Å²) in [6.45, 7) is 7.52. The van der Waals surface area contributed by atoms with Gasteiger partial charge in [-0.05, 0) is 18.1 Å². The van der Waals surface area contributed by atoms with Crippen LogP contribution in [0.2, 0.25) is 0 Å². The highest BCUT2D eigenvalue weighted by Crippen LogP contribution is 2.24. The SMILES string of the molecule is CCCC(N)Nc1nc(N)nc2cnn(Cc3ccc(CN4CCN(CCO)CC4)cc3F)c12. The van der Waals surface area contributed by atoms with Crippen molar-refractivity contribution in [3.8, 4) is 0 Å². The number of aliphatic hydroxyl groups is 1. The monoisotopic (exact) mass is 471 g/mol. The summed E-state index contributed by atoms with van der Waals surface area (Å²) in [6, 6.07) is 5.38. The first-order chi connectivity index (χ1) is 16.5. The highest BCUT2D eigenvalue weighted by molar-refractivity contribution is 5.86. The average molecular weight is 472 g/mol. The molecule has 3 heterocycles. The molecule has 34 heavy (non-hydrogen) atoms. The lowest BCUT2D eigenvalue weighted by Crippen LogP contribution is -2.46. The van der Waals surface area contributed by atoms with E-state index in [4.69, 9.17) is 16.6 Å². The molecule has 0 aliphatic carbocycles. The van der Waals surface area contributed by atoms with Crippen molar-refractivity contribution in [1.29, 1.82) is 0 Å². The maximum atomic E-state index is 15.1. The Balaban J connectivity index is 1.48. The van der Waals surface area contributed by atoms with E-state index in [1.54, 1.807) is 16.9 Å². The van der Waals surface area contributed by atoms with Gasteiger partial charge in [0.15, 0.2) is 5.82 Å². The lowest BCUT2D eigenvalue weighted by molar-refractivity contribution is 0.108. The van der Waals surface area contributed by atoms with Crippen molar-refractivity contribution >= 4 is 22.8 Å². The van der Waals surface area contributed by atoms with E-state index in [0.29, 0.717) is 35.5 Å². The smallest absolute Gasteiger partial charge is 0.222 e. The number of hydrogen-bond acceptors (Lipinski definition) is 9. The van der Waals surface area contributed by atoms with Crippen molar-refractivity contribution in [2.24, 2.45) is 5.73 Å². The zero-order valence-corrected chi connectivity index (χ0v) is 19.6. The minimum Gasteiger partial charge on any atom is -0.395 e. The first-order valence-electron chi connectivity index (χ1n) is 11.8. The molecule has 0 radical (unpaired) electrons. The average Bonchev–Trinajstić information content (AvgIpc) is 3.20. The van der Waals surface area contributed by atoms with E-state index in [2.05, 4.69) is 37.1 Å². The van der Waals surface area contributed by atoms with Crippen LogP contribution in [0.5, 0.6) is 0 Å². The highest BCUT2D eigenvalue weighted by atomic mass is 19.1. The Kier molecular flexibility index (Phi) is 7.88. The summed E-state index contributed by atoms with van der Waals surface area (Å²) < 4.78 is 16.7. The first-order valence-corrected chi connectivity index (χ1v) is 11.8. The Bertz CT molecular complexity index is 1100. The molecule has 0 saturated carbocycles. The summed E-state index contributed by atoms with van der Waals surface area (Å²) in [4.78, 5) is 13.1. The fourth-order valence-electron chi connectivity index (χ4n) is 4.35. The van der Waals surface area contributed by atoms with Gasteiger partial charge in [0, 0.05) is 44.8 Å². The molecule has 0 spiro atoms. The van der Waals surface area contributed by atoms with Crippen molar-refractivity contribution in [3.05, 3.63) is 41.3 Å². The quantitative estimate of drug-likeness (QED) is 0.322. The molecule has 2 aromatic heterocycles. The van der Waals surface area contributed by atoms with Gasteiger partial charge in [-0.3, -0.25) is 14.5 Å². The van der Waals surface area contributed by atoms with E-state index in [9.17, 15) is 0 Å². The number of rotatable bonds is 10. The van der Waals surface area contributed by atoms with Crippen molar-refractivity contribution in [3.63, 3.8) is 0 Å². The number of nitrogen functional groups attached to an aromatic ring is 1. The second kappa shape index (κ2) is 11.0. The van der Waals surface area contributed by atoms with Crippen LogP contribution >= 0.6 is 0 Å².